The van der Waals surface area contributed by atoms with Gasteiger partial charge in [-0.25, -0.2) is 0 Å². The van der Waals surface area contributed by atoms with Crippen molar-refractivity contribution in [3.8, 4) is 11.4 Å². The van der Waals surface area contributed by atoms with Crippen LogP contribution >= 0.6 is 11.8 Å². The third-order valence-electron chi connectivity index (χ3n) is 4.89. The van der Waals surface area contributed by atoms with Crippen LogP contribution in [0.3, 0.4) is 0 Å². The van der Waals surface area contributed by atoms with Crippen LogP contribution in [0.2, 0.25) is 0 Å². The molecule has 0 bridgehead atoms. The van der Waals surface area contributed by atoms with Crippen molar-refractivity contribution in [3.63, 3.8) is 0 Å². The van der Waals surface area contributed by atoms with Crippen molar-refractivity contribution in [2.75, 3.05) is 7.11 Å². The van der Waals surface area contributed by atoms with Gasteiger partial charge in [0.1, 0.15) is 10.8 Å². The molecule has 2 aromatic rings. The number of hydrogen-bond donors (Lipinski definition) is 1. The zero-order valence-corrected chi connectivity index (χ0v) is 17.5. The zero-order chi connectivity index (χ0) is 20.7. The smallest absolute Gasteiger partial charge is 0.283 e. The number of ether oxygens (including phenoxy) is 1. The predicted octanol–water partition coefficient (Wildman–Crippen LogP) is 4.13. The Labute approximate surface area is 173 Å². The Balaban J connectivity index is 1.78. The highest BCUT2D eigenvalue weighted by Gasteiger charge is 2.35. The van der Waals surface area contributed by atoms with Crippen LogP contribution in [-0.4, -0.2) is 38.6 Å². The van der Waals surface area contributed by atoms with Gasteiger partial charge in [-0.2, -0.15) is 15.1 Å². The molecule has 3 heterocycles. The lowest BCUT2D eigenvalue weighted by Crippen LogP contribution is -2.35. The Morgan fingerprint density at radius 1 is 1.28 bits per heavy atom. The van der Waals surface area contributed by atoms with E-state index in [0.717, 1.165) is 39.9 Å². The number of aromatic nitrogens is 1. The van der Waals surface area contributed by atoms with E-state index in [1.54, 1.807) is 13.2 Å². The van der Waals surface area contributed by atoms with Crippen LogP contribution in [0, 0.1) is 19.3 Å². The molecule has 0 atom stereocenters. The average molecular weight is 407 g/mol. The van der Waals surface area contributed by atoms with E-state index in [1.165, 1.54) is 16.8 Å². The number of aryl methyl sites for hydroxylation is 1. The molecular formula is C21H21N5O2S. The molecule has 7 nitrogen and oxygen atoms in total. The van der Waals surface area contributed by atoms with E-state index in [2.05, 4.69) is 14.7 Å². The number of thioether (sulfide) groups is 1. The quantitative estimate of drug-likeness (QED) is 0.773. The Morgan fingerprint density at radius 3 is 2.76 bits per heavy atom. The van der Waals surface area contributed by atoms with Crippen LogP contribution in [0.4, 0.5) is 0 Å². The van der Waals surface area contributed by atoms with Crippen molar-refractivity contribution in [2.45, 2.75) is 27.2 Å². The van der Waals surface area contributed by atoms with Gasteiger partial charge in [0.15, 0.2) is 5.84 Å². The van der Waals surface area contributed by atoms with E-state index < -0.39 is 5.91 Å². The van der Waals surface area contributed by atoms with E-state index in [-0.39, 0.29) is 11.4 Å². The van der Waals surface area contributed by atoms with E-state index in [0.29, 0.717) is 5.17 Å². The SMILES string of the molecule is CCC1=NN2C(=N)/C(=C\c3cc(C)n(-c4ccccc4OC)c3C)C(=O)N=C2S1. The first-order valence-electron chi connectivity index (χ1n) is 9.26. The van der Waals surface area contributed by atoms with Gasteiger partial charge in [0.25, 0.3) is 5.91 Å². The van der Waals surface area contributed by atoms with Gasteiger partial charge in [-0.3, -0.25) is 10.2 Å². The Hall–Kier alpha value is -3.13. The first-order chi connectivity index (χ1) is 13.9. The molecule has 148 valence electrons. The fourth-order valence-corrected chi connectivity index (χ4v) is 4.27. The second-order valence-electron chi connectivity index (χ2n) is 6.70. The number of nitrogens with zero attached hydrogens (tertiary/aromatic N) is 4. The number of amides is 1. The molecule has 29 heavy (non-hydrogen) atoms. The van der Waals surface area contributed by atoms with Gasteiger partial charge in [0.2, 0.25) is 5.17 Å². The molecule has 1 amide bonds. The van der Waals surface area contributed by atoms with Gasteiger partial charge in [-0.05, 0) is 61.9 Å². The Morgan fingerprint density at radius 2 is 2.03 bits per heavy atom. The average Bonchev–Trinajstić information content (AvgIpc) is 3.25. The largest absolute Gasteiger partial charge is 0.495 e. The number of amidine groups is 2. The van der Waals surface area contributed by atoms with Crippen LogP contribution in [-0.2, 0) is 4.79 Å². The second-order valence-corrected chi connectivity index (χ2v) is 7.74. The molecule has 1 aromatic heterocycles. The Kier molecular flexibility index (Phi) is 4.87. The number of para-hydroxylation sites is 2. The van der Waals surface area contributed by atoms with Gasteiger partial charge in [-0.1, -0.05) is 19.1 Å². The number of hydrogen-bond acceptors (Lipinski definition) is 5. The fraction of sp³-hybridized carbons (Fsp3) is 0.238. The summed E-state index contributed by atoms with van der Waals surface area (Å²) >= 11 is 1.34. The minimum absolute atomic E-state index is 0.0537. The van der Waals surface area contributed by atoms with Crippen LogP contribution in [0.5, 0.6) is 5.75 Å². The maximum absolute atomic E-state index is 12.6. The molecule has 0 fully saturated rings. The van der Waals surface area contributed by atoms with Crippen LogP contribution in [0.25, 0.3) is 11.8 Å². The van der Waals surface area contributed by atoms with Crippen LogP contribution < -0.4 is 4.74 Å². The van der Waals surface area contributed by atoms with E-state index >= 15 is 0 Å². The number of rotatable bonds is 4. The summed E-state index contributed by atoms with van der Waals surface area (Å²) in [5, 5.41) is 15.6. The molecule has 0 spiro atoms. The number of methoxy groups -OCH3 is 1. The van der Waals surface area contributed by atoms with E-state index in [1.807, 2.05) is 51.1 Å². The molecule has 0 saturated carbocycles. The van der Waals surface area contributed by atoms with Crippen molar-refractivity contribution in [2.24, 2.45) is 10.1 Å². The summed E-state index contributed by atoms with van der Waals surface area (Å²) in [6.45, 7) is 5.97. The third-order valence-corrected chi connectivity index (χ3v) is 5.95. The highest BCUT2D eigenvalue weighted by atomic mass is 32.2. The second kappa shape index (κ2) is 7.36. The van der Waals surface area contributed by atoms with Gasteiger partial charge in [0.05, 0.1) is 18.4 Å². The standard InChI is InChI=1S/C21H21N5O2S/c1-5-18-24-26-19(22)15(20(27)23-21(26)29-18)11-14-10-12(2)25(13(14)3)16-8-6-7-9-17(16)28-4/h6-11,22H,5H2,1-4H3/b15-11+,22-19?. The molecule has 8 heteroatoms. The van der Waals surface area contributed by atoms with Gasteiger partial charge < -0.3 is 9.30 Å². The fourth-order valence-electron chi connectivity index (χ4n) is 3.45. The van der Waals surface area contributed by atoms with Crippen molar-refractivity contribution >= 4 is 39.8 Å². The number of aliphatic imine (C=N–C) groups is 1. The predicted molar refractivity (Wildman–Crippen MR) is 117 cm³/mol. The summed E-state index contributed by atoms with van der Waals surface area (Å²) in [6, 6.07) is 9.78. The zero-order valence-electron chi connectivity index (χ0n) is 16.7. The van der Waals surface area contributed by atoms with Crippen molar-refractivity contribution in [1.29, 1.82) is 5.41 Å². The molecular weight excluding hydrogens is 386 g/mol. The van der Waals surface area contributed by atoms with Crippen LogP contribution in [0.15, 0.2) is 46.0 Å². The highest BCUT2D eigenvalue weighted by Crippen LogP contribution is 2.32. The lowest BCUT2D eigenvalue weighted by atomic mass is 10.1. The molecule has 4 rings (SSSR count). The van der Waals surface area contributed by atoms with Crippen molar-refractivity contribution < 1.29 is 9.53 Å². The monoisotopic (exact) mass is 407 g/mol. The normalized spacial score (nSPS) is 17.5. The van der Waals surface area contributed by atoms with E-state index in [4.69, 9.17) is 10.1 Å². The van der Waals surface area contributed by atoms with Gasteiger partial charge in [0, 0.05) is 11.4 Å². The molecule has 2 aliphatic rings. The van der Waals surface area contributed by atoms with Crippen LogP contribution in [0.1, 0.15) is 30.3 Å². The molecule has 0 radical (unpaired) electrons. The molecule has 2 aliphatic heterocycles. The van der Waals surface area contributed by atoms with Gasteiger partial charge >= 0.3 is 0 Å². The summed E-state index contributed by atoms with van der Waals surface area (Å²) in [6.07, 6.45) is 2.46. The molecule has 0 saturated heterocycles. The topological polar surface area (TPSA) is 83.0 Å². The Bertz CT molecular complexity index is 1130. The molecule has 1 aromatic carbocycles. The number of fused-ring (bicyclic) bond motifs is 1. The molecule has 0 unspecified atom stereocenters. The summed E-state index contributed by atoms with van der Waals surface area (Å²) in [4.78, 5) is 16.7. The minimum Gasteiger partial charge on any atom is -0.495 e. The number of hydrazone groups is 1. The minimum atomic E-state index is -0.414. The summed E-state index contributed by atoms with van der Waals surface area (Å²) in [5.41, 5.74) is 3.96. The molecule has 1 N–H and O–H groups in total. The molecule has 0 aliphatic carbocycles. The highest BCUT2D eigenvalue weighted by molar-refractivity contribution is 8.26. The summed E-state index contributed by atoms with van der Waals surface area (Å²) < 4.78 is 7.58. The van der Waals surface area contributed by atoms with E-state index in [9.17, 15) is 4.79 Å². The number of benzene rings is 1. The number of nitrogens with one attached hydrogen (secondary N) is 1. The first kappa shape index (κ1) is 19.2. The first-order valence-corrected chi connectivity index (χ1v) is 10.1. The number of carbonyl (C=O) groups excluding carboxylic acids is 1. The third kappa shape index (κ3) is 3.19. The lowest BCUT2D eigenvalue weighted by Gasteiger charge is -2.20. The maximum atomic E-state index is 12.6. The summed E-state index contributed by atoms with van der Waals surface area (Å²) in [7, 11) is 1.65. The summed E-state index contributed by atoms with van der Waals surface area (Å²) in [5.74, 6) is 0.404. The lowest BCUT2D eigenvalue weighted by molar-refractivity contribution is -0.114. The maximum Gasteiger partial charge on any atom is 0.283 e. The van der Waals surface area contributed by atoms with Crippen molar-refractivity contribution in [1.82, 2.24) is 9.58 Å². The van der Waals surface area contributed by atoms with Crippen molar-refractivity contribution in [3.05, 3.63) is 52.9 Å². The number of carbonyl (C=O) groups is 1. The van der Waals surface area contributed by atoms with Gasteiger partial charge in [-0.15, -0.1) is 0 Å².